The fourth-order valence-corrected chi connectivity index (χ4v) is 6.90. The van der Waals surface area contributed by atoms with Crippen LogP contribution in [0.25, 0.3) is 0 Å². The van der Waals surface area contributed by atoms with Gasteiger partial charge in [0.2, 0.25) is 6.29 Å². The predicted octanol–water partition coefficient (Wildman–Crippen LogP) is 5.82. The predicted molar refractivity (Wildman–Crippen MR) is 107 cm³/mol. The highest BCUT2D eigenvalue weighted by molar-refractivity contribution is 5.75. The largest absolute Gasteiger partial charge is 0.435 e. The molecule has 3 heteroatoms. The van der Waals surface area contributed by atoms with E-state index in [-0.39, 0.29) is 11.4 Å². The number of hydrogen-bond donors (Lipinski definition) is 0. The molecule has 4 rings (SSSR count). The van der Waals surface area contributed by atoms with E-state index in [0.29, 0.717) is 6.10 Å². The Labute approximate surface area is 165 Å². The van der Waals surface area contributed by atoms with Crippen molar-refractivity contribution in [1.29, 1.82) is 0 Å². The Morgan fingerprint density at radius 1 is 0.963 bits per heavy atom. The molecule has 0 aromatic heterocycles. The first kappa shape index (κ1) is 19.7. The Hall–Kier alpha value is -0.570. The van der Waals surface area contributed by atoms with Crippen LogP contribution in [0.5, 0.6) is 0 Å². The van der Waals surface area contributed by atoms with Crippen LogP contribution < -0.4 is 0 Å². The highest BCUT2D eigenvalue weighted by atomic mass is 16.7. The van der Waals surface area contributed by atoms with Crippen LogP contribution in [-0.2, 0) is 14.3 Å². The lowest BCUT2D eigenvalue weighted by atomic mass is 9.70. The number of carbonyl (C=O) groups excluding carboxylic acids is 1. The first-order valence-electron chi connectivity index (χ1n) is 11.5. The Morgan fingerprint density at radius 2 is 1.63 bits per heavy atom. The van der Waals surface area contributed by atoms with Crippen molar-refractivity contribution >= 4 is 5.97 Å². The molecule has 0 spiro atoms. The Morgan fingerprint density at radius 3 is 2.26 bits per heavy atom. The van der Waals surface area contributed by atoms with E-state index in [1.54, 1.807) is 0 Å². The smallest absolute Gasteiger partial charge is 0.313 e. The van der Waals surface area contributed by atoms with Crippen molar-refractivity contribution in [3.63, 3.8) is 0 Å². The summed E-state index contributed by atoms with van der Waals surface area (Å²) in [7, 11) is 0. The molecule has 0 aromatic carbocycles. The summed E-state index contributed by atoms with van der Waals surface area (Å²) in [6.07, 6.45) is 8.45. The van der Waals surface area contributed by atoms with Crippen molar-refractivity contribution < 1.29 is 14.3 Å². The highest BCUT2D eigenvalue weighted by Gasteiger charge is 2.62. The van der Waals surface area contributed by atoms with E-state index in [1.165, 1.54) is 32.1 Å². The van der Waals surface area contributed by atoms with Crippen LogP contribution >= 0.6 is 0 Å². The summed E-state index contributed by atoms with van der Waals surface area (Å²) >= 11 is 0. The van der Waals surface area contributed by atoms with Gasteiger partial charge < -0.3 is 9.47 Å². The lowest BCUT2D eigenvalue weighted by Gasteiger charge is -2.40. The molecule has 0 aliphatic heterocycles. The fourth-order valence-electron chi connectivity index (χ4n) is 6.90. The molecule has 0 amide bonds. The van der Waals surface area contributed by atoms with Crippen LogP contribution in [0.1, 0.15) is 86.5 Å². The highest BCUT2D eigenvalue weighted by Crippen LogP contribution is 2.67. The van der Waals surface area contributed by atoms with E-state index in [9.17, 15) is 4.79 Å². The van der Waals surface area contributed by atoms with Gasteiger partial charge in [-0.3, -0.25) is 4.79 Å². The maximum atomic E-state index is 12.7. The average Bonchev–Trinajstić information content (AvgIpc) is 3.31. The van der Waals surface area contributed by atoms with Gasteiger partial charge in [0.05, 0.1) is 11.5 Å². The van der Waals surface area contributed by atoms with E-state index >= 15 is 0 Å². The van der Waals surface area contributed by atoms with Crippen LogP contribution in [0.15, 0.2) is 0 Å². The zero-order valence-electron chi connectivity index (χ0n) is 18.3. The monoisotopic (exact) mass is 376 g/mol. The lowest BCUT2D eigenvalue weighted by molar-refractivity contribution is -0.213. The van der Waals surface area contributed by atoms with Crippen LogP contribution in [0.4, 0.5) is 0 Å². The number of ether oxygens (including phenoxy) is 2. The van der Waals surface area contributed by atoms with Gasteiger partial charge in [-0.1, -0.05) is 27.7 Å². The number of fused-ring (bicyclic) bond motifs is 9. The molecule has 0 N–H and O–H groups in total. The van der Waals surface area contributed by atoms with Gasteiger partial charge in [-0.2, -0.15) is 0 Å². The van der Waals surface area contributed by atoms with Crippen LogP contribution in [-0.4, -0.2) is 18.4 Å². The second kappa shape index (κ2) is 6.75. The molecule has 27 heavy (non-hydrogen) atoms. The van der Waals surface area contributed by atoms with Crippen molar-refractivity contribution in [2.24, 2.45) is 46.3 Å². The number of hydrogen-bond acceptors (Lipinski definition) is 3. The molecule has 8 unspecified atom stereocenters. The first-order chi connectivity index (χ1) is 12.6. The van der Waals surface area contributed by atoms with Gasteiger partial charge in [0, 0.05) is 6.42 Å². The molecular weight excluding hydrogens is 336 g/mol. The summed E-state index contributed by atoms with van der Waals surface area (Å²) < 4.78 is 12.6. The topological polar surface area (TPSA) is 35.5 Å². The van der Waals surface area contributed by atoms with Crippen LogP contribution in [0.3, 0.4) is 0 Å². The molecule has 8 atom stereocenters. The summed E-state index contributed by atoms with van der Waals surface area (Å²) in [5.74, 6) is 5.37. The van der Waals surface area contributed by atoms with Crippen molar-refractivity contribution in [1.82, 2.24) is 0 Å². The minimum atomic E-state index is -0.441. The Balaban J connectivity index is 1.44. The number of rotatable bonds is 6. The number of carbonyl (C=O) groups is 1. The minimum absolute atomic E-state index is 0.0773. The third-order valence-electron chi connectivity index (χ3n) is 8.45. The molecule has 4 bridgehead atoms. The van der Waals surface area contributed by atoms with Crippen molar-refractivity contribution in [3.05, 3.63) is 0 Å². The van der Waals surface area contributed by atoms with Gasteiger partial charge in [-0.15, -0.1) is 0 Å². The van der Waals surface area contributed by atoms with Gasteiger partial charge in [0.25, 0.3) is 0 Å². The quantitative estimate of drug-likeness (QED) is 0.333. The number of esters is 1. The molecule has 154 valence electrons. The third-order valence-corrected chi connectivity index (χ3v) is 8.45. The van der Waals surface area contributed by atoms with Gasteiger partial charge in [-0.25, -0.2) is 0 Å². The van der Waals surface area contributed by atoms with E-state index in [2.05, 4.69) is 20.8 Å². The second-order valence-corrected chi connectivity index (χ2v) is 11.9. The second-order valence-electron chi connectivity index (χ2n) is 11.9. The summed E-state index contributed by atoms with van der Waals surface area (Å²) in [4.78, 5) is 12.7. The van der Waals surface area contributed by atoms with Crippen LogP contribution in [0.2, 0.25) is 0 Å². The zero-order chi connectivity index (χ0) is 19.6. The van der Waals surface area contributed by atoms with Gasteiger partial charge >= 0.3 is 5.97 Å². The standard InChI is InChI=1S/C24H40O3/c1-7-24(5,6)22(25)27-19(13-23(2,3)4)26-18-12-16-11-17(18)21-15-9-8-14(10-15)20(16)21/h14-21H,7-13H2,1-6H3. The Kier molecular flexibility index (Phi) is 4.93. The molecule has 4 fully saturated rings. The molecule has 0 radical (unpaired) electrons. The maximum Gasteiger partial charge on any atom is 0.313 e. The van der Waals surface area contributed by atoms with Crippen molar-refractivity contribution in [2.45, 2.75) is 98.9 Å². The van der Waals surface area contributed by atoms with E-state index in [4.69, 9.17) is 9.47 Å². The zero-order valence-corrected chi connectivity index (χ0v) is 18.3. The first-order valence-corrected chi connectivity index (χ1v) is 11.5. The molecule has 4 saturated carbocycles. The molecule has 0 saturated heterocycles. The van der Waals surface area contributed by atoms with Gasteiger partial charge in [0.1, 0.15) is 0 Å². The molecule has 4 aliphatic rings. The Bertz CT molecular complexity index is 575. The molecule has 0 aromatic rings. The SMILES string of the molecule is CCC(C)(C)C(=O)OC(CC(C)(C)C)OC1CC2CC1C1C3CCC(C3)C21. The van der Waals surface area contributed by atoms with E-state index in [1.807, 2.05) is 20.8 Å². The fraction of sp³-hybridized carbons (Fsp3) is 0.958. The molecule has 0 heterocycles. The summed E-state index contributed by atoms with van der Waals surface area (Å²) in [5.41, 5.74) is -0.363. The molecule has 4 aliphatic carbocycles. The normalized spacial score (nSPS) is 41.0. The van der Waals surface area contributed by atoms with Crippen molar-refractivity contribution in [3.8, 4) is 0 Å². The van der Waals surface area contributed by atoms with Crippen molar-refractivity contribution in [2.75, 3.05) is 0 Å². The van der Waals surface area contributed by atoms with Crippen LogP contribution in [0, 0.1) is 46.3 Å². The minimum Gasteiger partial charge on any atom is -0.435 e. The average molecular weight is 377 g/mol. The van der Waals surface area contributed by atoms with Gasteiger partial charge in [-0.05, 0) is 93.3 Å². The van der Waals surface area contributed by atoms with E-state index < -0.39 is 11.7 Å². The summed E-state index contributed by atoms with van der Waals surface area (Å²) in [6, 6.07) is 0. The molecular formula is C24H40O3. The molecule has 3 nitrogen and oxygen atoms in total. The van der Waals surface area contributed by atoms with Gasteiger partial charge in [0.15, 0.2) is 0 Å². The van der Waals surface area contributed by atoms with E-state index in [0.717, 1.165) is 48.3 Å². The third kappa shape index (κ3) is 3.58. The summed E-state index contributed by atoms with van der Waals surface area (Å²) in [5, 5.41) is 0. The summed E-state index contributed by atoms with van der Waals surface area (Å²) in [6.45, 7) is 12.6. The maximum absolute atomic E-state index is 12.7. The lowest BCUT2D eigenvalue weighted by Crippen LogP contribution is -2.41.